The van der Waals surface area contributed by atoms with Gasteiger partial charge in [0.2, 0.25) is 0 Å². The summed E-state index contributed by atoms with van der Waals surface area (Å²) in [5.74, 6) is 0.820. The number of hydrogen-bond acceptors (Lipinski definition) is 2. The molecule has 14 heavy (non-hydrogen) atoms. The zero-order valence-electron chi connectivity index (χ0n) is 8.95. The number of carbonyl (C=O) groups excluding carboxylic acids is 1. The van der Waals surface area contributed by atoms with Gasteiger partial charge < -0.3 is 10.5 Å². The molecule has 0 aromatic rings. The topological polar surface area (TPSA) is 43.1 Å². The normalized spacial score (nSPS) is 22.1. The van der Waals surface area contributed by atoms with Crippen molar-refractivity contribution >= 4 is 6.29 Å². The third kappa shape index (κ3) is 3.41. The summed E-state index contributed by atoms with van der Waals surface area (Å²) in [5.41, 5.74) is 5.95. The third-order valence-electron chi connectivity index (χ3n) is 3.34. The maximum Gasteiger partial charge on any atom is 0.124 e. The summed E-state index contributed by atoms with van der Waals surface area (Å²) < 4.78 is 0. The van der Waals surface area contributed by atoms with Crippen molar-refractivity contribution in [3.05, 3.63) is 6.92 Å². The van der Waals surface area contributed by atoms with Crippen LogP contribution in [0.5, 0.6) is 0 Å². The Morgan fingerprint density at radius 1 is 1.43 bits per heavy atom. The zero-order valence-corrected chi connectivity index (χ0v) is 8.95. The highest BCUT2D eigenvalue weighted by Crippen LogP contribution is 2.30. The standard InChI is InChI=1S/C12H22NO/c1-2-5-12(13)11(9-14)8-10-6-3-4-7-10/h9-12H,1-8,13H2. The SMILES string of the molecule is [CH2]CCC(N)C(C=O)CC1CCCC1. The molecule has 2 atom stereocenters. The van der Waals surface area contributed by atoms with Gasteiger partial charge in [-0.3, -0.25) is 0 Å². The van der Waals surface area contributed by atoms with Crippen molar-refractivity contribution in [1.82, 2.24) is 0 Å². The van der Waals surface area contributed by atoms with Crippen molar-refractivity contribution in [2.45, 2.75) is 51.0 Å². The molecule has 1 aliphatic rings. The lowest BCUT2D eigenvalue weighted by atomic mass is 9.87. The van der Waals surface area contributed by atoms with Crippen molar-refractivity contribution < 1.29 is 4.79 Å². The molecule has 0 amide bonds. The van der Waals surface area contributed by atoms with Gasteiger partial charge in [-0.1, -0.05) is 39.0 Å². The number of rotatable bonds is 6. The third-order valence-corrected chi connectivity index (χ3v) is 3.34. The molecule has 2 N–H and O–H groups in total. The minimum absolute atomic E-state index is 0.0330. The van der Waals surface area contributed by atoms with Gasteiger partial charge >= 0.3 is 0 Å². The molecule has 0 heterocycles. The van der Waals surface area contributed by atoms with Crippen LogP contribution in [0.15, 0.2) is 0 Å². The van der Waals surface area contributed by atoms with E-state index < -0.39 is 0 Å². The Morgan fingerprint density at radius 2 is 2.07 bits per heavy atom. The lowest BCUT2D eigenvalue weighted by molar-refractivity contribution is -0.112. The second-order valence-electron chi connectivity index (χ2n) is 4.49. The maximum atomic E-state index is 10.9. The Balaban J connectivity index is 2.32. The lowest BCUT2D eigenvalue weighted by Gasteiger charge is -2.21. The molecule has 2 nitrogen and oxygen atoms in total. The monoisotopic (exact) mass is 196 g/mol. The molecule has 0 aliphatic heterocycles. The fourth-order valence-corrected chi connectivity index (χ4v) is 2.41. The fourth-order valence-electron chi connectivity index (χ4n) is 2.41. The predicted octanol–water partition coefficient (Wildman–Crippen LogP) is 2.32. The highest BCUT2D eigenvalue weighted by atomic mass is 16.1. The minimum Gasteiger partial charge on any atom is -0.327 e. The average Bonchev–Trinajstić information content (AvgIpc) is 2.66. The van der Waals surface area contributed by atoms with Crippen LogP contribution in [0.3, 0.4) is 0 Å². The molecule has 2 unspecified atom stereocenters. The predicted molar refractivity (Wildman–Crippen MR) is 58.7 cm³/mol. The van der Waals surface area contributed by atoms with E-state index in [1.165, 1.54) is 25.7 Å². The Hall–Kier alpha value is -0.370. The summed E-state index contributed by atoms with van der Waals surface area (Å²) in [7, 11) is 0. The second-order valence-corrected chi connectivity index (χ2v) is 4.49. The molecule has 81 valence electrons. The van der Waals surface area contributed by atoms with Crippen LogP contribution >= 0.6 is 0 Å². The van der Waals surface area contributed by atoms with Gasteiger partial charge in [0.1, 0.15) is 6.29 Å². The van der Waals surface area contributed by atoms with E-state index in [0.717, 1.165) is 31.5 Å². The first-order chi connectivity index (χ1) is 6.77. The molecule has 1 aliphatic carbocycles. The molecule has 0 aromatic heterocycles. The van der Waals surface area contributed by atoms with Gasteiger partial charge in [-0.25, -0.2) is 0 Å². The first-order valence-electron chi connectivity index (χ1n) is 5.78. The molecule has 1 radical (unpaired) electrons. The van der Waals surface area contributed by atoms with Crippen LogP contribution in [0.25, 0.3) is 0 Å². The van der Waals surface area contributed by atoms with Crippen molar-refractivity contribution in [2.75, 3.05) is 0 Å². The highest BCUT2D eigenvalue weighted by molar-refractivity contribution is 5.54. The van der Waals surface area contributed by atoms with Crippen LogP contribution in [0.4, 0.5) is 0 Å². The molecule has 1 saturated carbocycles. The summed E-state index contributed by atoms with van der Waals surface area (Å²) in [6, 6.07) is 0.0330. The fraction of sp³-hybridized carbons (Fsp3) is 0.833. The van der Waals surface area contributed by atoms with E-state index >= 15 is 0 Å². The van der Waals surface area contributed by atoms with Crippen LogP contribution in [0.2, 0.25) is 0 Å². The number of carbonyl (C=O) groups is 1. The van der Waals surface area contributed by atoms with Crippen LogP contribution in [-0.2, 0) is 4.79 Å². The van der Waals surface area contributed by atoms with Gasteiger partial charge in [-0.2, -0.15) is 0 Å². The summed E-state index contributed by atoms with van der Waals surface area (Å²) >= 11 is 0. The van der Waals surface area contributed by atoms with Crippen molar-refractivity contribution in [3.63, 3.8) is 0 Å². The molecule has 2 heteroatoms. The summed E-state index contributed by atoms with van der Waals surface area (Å²) in [6.45, 7) is 3.78. The van der Waals surface area contributed by atoms with Crippen LogP contribution < -0.4 is 5.73 Å². The van der Waals surface area contributed by atoms with Crippen LogP contribution in [0.1, 0.15) is 44.9 Å². The molecular formula is C12H22NO. The Labute approximate surface area is 87.2 Å². The van der Waals surface area contributed by atoms with Gasteiger partial charge in [0.25, 0.3) is 0 Å². The van der Waals surface area contributed by atoms with Crippen LogP contribution in [0, 0.1) is 18.8 Å². The number of hydrogen-bond donors (Lipinski definition) is 1. The van der Waals surface area contributed by atoms with E-state index in [1.807, 2.05) is 0 Å². The number of aldehydes is 1. The maximum absolute atomic E-state index is 10.9. The van der Waals surface area contributed by atoms with Crippen molar-refractivity contribution in [1.29, 1.82) is 0 Å². The zero-order chi connectivity index (χ0) is 10.4. The van der Waals surface area contributed by atoms with E-state index in [1.54, 1.807) is 0 Å². The average molecular weight is 196 g/mol. The Bertz CT molecular complexity index is 164. The summed E-state index contributed by atoms with van der Waals surface area (Å²) in [5, 5.41) is 0. The second kappa shape index (κ2) is 6.18. The smallest absolute Gasteiger partial charge is 0.124 e. The van der Waals surface area contributed by atoms with E-state index in [-0.39, 0.29) is 12.0 Å². The Kier molecular flexibility index (Phi) is 5.16. The number of nitrogens with two attached hydrogens (primary N) is 1. The van der Waals surface area contributed by atoms with Gasteiger partial charge in [0, 0.05) is 12.0 Å². The molecule has 1 fully saturated rings. The van der Waals surface area contributed by atoms with Crippen molar-refractivity contribution in [2.24, 2.45) is 17.6 Å². The summed E-state index contributed by atoms with van der Waals surface area (Å²) in [4.78, 5) is 10.9. The van der Waals surface area contributed by atoms with E-state index in [9.17, 15) is 4.79 Å². The highest BCUT2D eigenvalue weighted by Gasteiger charge is 2.23. The summed E-state index contributed by atoms with van der Waals surface area (Å²) in [6.07, 6.45) is 9.01. The first-order valence-corrected chi connectivity index (χ1v) is 5.78. The molecule has 0 spiro atoms. The van der Waals surface area contributed by atoms with Crippen molar-refractivity contribution in [3.8, 4) is 0 Å². The quantitative estimate of drug-likeness (QED) is 0.662. The molecule has 0 aromatic carbocycles. The molecule has 0 bridgehead atoms. The largest absolute Gasteiger partial charge is 0.327 e. The first kappa shape index (κ1) is 11.7. The van der Waals surface area contributed by atoms with Gasteiger partial charge in [-0.15, -0.1) is 0 Å². The van der Waals surface area contributed by atoms with E-state index in [2.05, 4.69) is 6.92 Å². The van der Waals surface area contributed by atoms with Crippen LogP contribution in [-0.4, -0.2) is 12.3 Å². The van der Waals surface area contributed by atoms with E-state index in [0.29, 0.717) is 0 Å². The lowest BCUT2D eigenvalue weighted by Crippen LogP contribution is -2.32. The Morgan fingerprint density at radius 3 is 2.57 bits per heavy atom. The van der Waals surface area contributed by atoms with E-state index in [4.69, 9.17) is 5.73 Å². The van der Waals surface area contributed by atoms with Gasteiger partial charge in [0.05, 0.1) is 0 Å². The molecule has 0 saturated heterocycles. The van der Waals surface area contributed by atoms with Gasteiger partial charge in [0.15, 0.2) is 0 Å². The van der Waals surface area contributed by atoms with Gasteiger partial charge in [-0.05, 0) is 18.8 Å². The minimum atomic E-state index is 0.0330. The molecular weight excluding hydrogens is 174 g/mol. The molecule has 1 rings (SSSR count).